The number of aryl methyl sites for hydroxylation is 1. The molecule has 1 N–H and O–H groups in total. The first-order chi connectivity index (χ1) is 11.2. The molecule has 0 spiro atoms. The van der Waals surface area contributed by atoms with Crippen molar-refractivity contribution in [3.8, 4) is 0 Å². The maximum absolute atomic E-state index is 12.6. The molecule has 1 fully saturated rings. The number of nitrogens with one attached hydrogen (secondary N) is 1. The molecular weight excluding hydrogens is 308 g/mol. The molecule has 0 bridgehead atoms. The first-order valence-electron chi connectivity index (χ1n) is 7.36. The number of thiocarbonyl (C=S) groups is 1. The summed E-state index contributed by atoms with van der Waals surface area (Å²) in [5, 5.41) is 3.37. The average molecular weight is 324 g/mol. The molecule has 2 aromatic rings. The monoisotopic (exact) mass is 324 g/mol. The number of amides is 1. The van der Waals surface area contributed by atoms with Crippen LogP contribution < -0.4 is 10.2 Å². The predicted molar refractivity (Wildman–Crippen MR) is 94.9 cm³/mol. The Kier molecular flexibility index (Phi) is 4.39. The molecule has 0 radical (unpaired) electrons. The highest BCUT2D eigenvalue weighted by Crippen LogP contribution is 2.25. The molecule has 23 heavy (non-hydrogen) atoms. The van der Waals surface area contributed by atoms with E-state index in [0.29, 0.717) is 10.8 Å². The van der Waals surface area contributed by atoms with E-state index in [-0.39, 0.29) is 5.91 Å². The zero-order valence-corrected chi connectivity index (χ0v) is 13.5. The fraction of sp³-hybridized carbons (Fsp3) is 0.111. The van der Waals surface area contributed by atoms with Crippen LogP contribution in [0.3, 0.4) is 0 Å². The molecule has 0 aliphatic carbocycles. The summed E-state index contributed by atoms with van der Waals surface area (Å²) in [6.45, 7) is 2.05. The Bertz CT molecular complexity index is 791. The van der Waals surface area contributed by atoms with Crippen LogP contribution in [-0.4, -0.2) is 11.0 Å². The Hall–Kier alpha value is -2.66. The van der Waals surface area contributed by atoms with E-state index in [0.717, 1.165) is 23.4 Å². The lowest BCUT2D eigenvalue weighted by Gasteiger charge is -2.17. The van der Waals surface area contributed by atoms with Crippen LogP contribution in [0, 0.1) is 0 Å². The van der Waals surface area contributed by atoms with Crippen molar-refractivity contribution < 1.29 is 9.21 Å². The highest BCUT2D eigenvalue weighted by atomic mass is 32.1. The molecule has 0 saturated carbocycles. The Morgan fingerprint density at radius 3 is 2.83 bits per heavy atom. The summed E-state index contributed by atoms with van der Waals surface area (Å²) in [6.07, 6.45) is 7.68. The topological polar surface area (TPSA) is 45.5 Å². The maximum atomic E-state index is 12.6. The Balaban J connectivity index is 1.85. The zero-order valence-electron chi connectivity index (χ0n) is 12.7. The quantitative estimate of drug-likeness (QED) is 0.689. The molecule has 1 amide bonds. The van der Waals surface area contributed by atoms with Crippen LogP contribution in [0.5, 0.6) is 0 Å². The maximum Gasteiger partial charge on any atom is 0.281 e. The summed E-state index contributed by atoms with van der Waals surface area (Å²) >= 11 is 5.32. The number of benzene rings is 1. The van der Waals surface area contributed by atoms with E-state index < -0.39 is 0 Å². The van der Waals surface area contributed by atoms with Crippen molar-refractivity contribution in [1.29, 1.82) is 0 Å². The van der Waals surface area contributed by atoms with Gasteiger partial charge in [-0.25, -0.2) is 0 Å². The summed E-state index contributed by atoms with van der Waals surface area (Å²) in [5.74, 6) is 0.572. The van der Waals surface area contributed by atoms with E-state index in [1.165, 1.54) is 0 Å². The molecule has 1 aliphatic heterocycles. The Morgan fingerprint density at radius 2 is 2.09 bits per heavy atom. The molecule has 4 nitrogen and oxygen atoms in total. The summed E-state index contributed by atoms with van der Waals surface area (Å²) in [6, 6.07) is 11.4. The number of hydrogen-bond acceptors (Lipinski definition) is 3. The van der Waals surface area contributed by atoms with E-state index >= 15 is 0 Å². The zero-order chi connectivity index (χ0) is 16.2. The molecule has 5 heteroatoms. The van der Waals surface area contributed by atoms with Gasteiger partial charge in [-0.2, -0.15) is 0 Å². The van der Waals surface area contributed by atoms with Gasteiger partial charge in [0.05, 0.1) is 12.0 Å². The standard InChI is InChI=1S/C18H16N2O2S/c1-2-13-7-3-4-11-16(13)20-17(21)15(19-18(20)23)10-5-8-14-9-6-12-22-14/h3-12H,2H2,1H3,(H,19,23)/b8-5+,15-10+. The number of anilines is 1. The van der Waals surface area contributed by atoms with E-state index in [1.807, 2.05) is 36.4 Å². The van der Waals surface area contributed by atoms with Crippen molar-refractivity contribution >= 4 is 35.0 Å². The summed E-state index contributed by atoms with van der Waals surface area (Å²) in [7, 11) is 0. The second-order valence-corrected chi connectivity index (χ2v) is 5.39. The first-order valence-corrected chi connectivity index (χ1v) is 7.76. The SMILES string of the molecule is CCc1ccccc1N1C(=O)/C(=C\C=C\c2ccco2)NC1=S. The second kappa shape index (κ2) is 6.62. The third kappa shape index (κ3) is 3.10. The van der Waals surface area contributed by atoms with Crippen molar-refractivity contribution in [1.82, 2.24) is 5.32 Å². The fourth-order valence-corrected chi connectivity index (χ4v) is 2.71. The van der Waals surface area contributed by atoms with Gasteiger partial charge in [-0.1, -0.05) is 31.2 Å². The minimum absolute atomic E-state index is 0.153. The van der Waals surface area contributed by atoms with E-state index in [1.54, 1.807) is 29.4 Å². The molecule has 1 aromatic carbocycles. The molecule has 1 saturated heterocycles. The number of carbonyl (C=O) groups excluding carboxylic acids is 1. The van der Waals surface area contributed by atoms with Gasteiger partial charge in [0.15, 0.2) is 5.11 Å². The Morgan fingerprint density at radius 1 is 1.26 bits per heavy atom. The third-order valence-electron chi connectivity index (χ3n) is 3.56. The van der Waals surface area contributed by atoms with Gasteiger partial charge in [0, 0.05) is 0 Å². The van der Waals surface area contributed by atoms with Gasteiger partial charge in [0.25, 0.3) is 5.91 Å². The lowest BCUT2D eigenvalue weighted by Crippen LogP contribution is -2.31. The average Bonchev–Trinajstić information content (AvgIpc) is 3.16. The normalized spacial score (nSPS) is 16.6. The molecular formula is C18H16N2O2S. The largest absolute Gasteiger partial charge is 0.465 e. The van der Waals surface area contributed by atoms with Crippen molar-refractivity contribution in [2.75, 3.05) is 4.90 Å². The van der Waals surface area contributed by atoms with Crippen LogP contribution in [0.4, 0.5) is 5.69 Å². The molecule has 2 heterocycles. The van der Waals surface area contributed by atoms with Crippen LogP contribution in [0.25, 0.3) is 6.08 Å². The highest BCUT2D eigenvalue weighted by molar-refractivity contribution is 7.80. The van der Waals surface area contributed by atoms with Crippen LogP contribution in [-0.2, 0) is 11.2 Å². The highest BCUT2D eigenvalue weighted by Gasteiger charge is 2.32. The summed E-state index contributed by atoms with van der Waals surface area (Å²) < 4.78 is 5.21. The number of carbonyl (C=O) groups is 1. The van der Waals surface area contributed by atoms with Crippen molar-refractivity contribution in [2.24, 2.45) is 0 Å². The molecule has 3 rings (SSSR count). The van der Waals surface area contributed by atoms with E-state index in [4.69, 9.17) is 16.6 Å². The number of rotatable bonds is 4. The smallest absolute Gasteiger partial charge is 0.281 e. The van der Waals surface area contributed by atoms with Crippen LogP contribution in [0.2, 0.25) is 0 Å². The number of allylic oxidation sites excluding steroid dienone is 2. The lowest BCUT2D eigenvalue weighted by atomic mass is 10.1. The number of nitrogens with zero attached hydrogens (tertiary/aromatic N) is 1. The van der Waals surface area contributed by atoms with Crippen molar-refractivity contribution in [3.63, 3.8) is 0 Å². The van der Waals surface area contributed by atoms with Gasteiger partial charge in [-0.15, -0.1) is 0 Å². The van der Waals surface area contributed by atoms with Gasteiger partial charge in [0.1, 0.15) is 11.5 Å². The predicted octanol–water partition coefficient (Wildman–Crippen LogP) is 3.66. The lowest BCUT2D eigenvalue weighted by molar-refractivity contribution is -0.113. The van der Waals surface area contributed by atoms with Gasteiger partial charge in [0.2, 0.25) is 0 Å². The minimum Gasteiger partial charge on any atom is -0.465 e. The van der Waals surface area contributed by atoms with E-state index in [9.17, 15) is 4.79 Å². The molecule has 0 unspecified atom stereocenters. The first kappa shape index (κ1) is 15.2. The van der Waals surface area contributed by atoms with E-state index in [2.05, 4.69) is 12.2 Å². The number of hydrogen-bond donors (Lipinski definition) is 1. The van der Waals surface area contributed by atoms with Crippen molar-refractivity contribution in [3.05, 3.63) is 71.8 Å². The van der Waals surface area contributed by atoms with Gasteiger partial charge in [-0.05, 0) is 54.6 Å². The molecule has 0 atom stereocenters. The summed E-state index contributed by atoms with van der Waals surface area (Å²) in [5.41, 5.74) is 2.36. The molecule has 1 aromatic heterocycles. The molecule has 1 aliphatic rings. The fourth-order valence-electron chi connectivity index (χ4n) is 2.42. The third-order valence-corrected chi connectivity index (χ3v) is 3.84. The van der Waals surface area contributed by atoms with Gasteiger partial charge < -0.3 is 9.73 Å². The van der Waals surface area contributed by atoms with Gasteiger partial charge in [-0.3, -0.25) is 9.69 Å². The van der Waals surface area contributed by atoms with Crippen molar-refractivity contribution in [2.45, 2.75) is 13.3 Å². The molecule has 116 valence electrons. The minimum atomic E-state index is -0.153. The van der Waals surface area contributed by atoms with Crippen LogP contribution >= 0.6 is 12.2 Å². The van der Waals surface area contributed by atoms with Gasteiger partial charge >= 0.3 is 0 Å². The van der Waals surface area contributed by atoms with Crippen LogP contribution in [0.15, 0.2) is 64.9 Å². The Labute approximate surface area is 140 Å². The number of para-hydroxylation sites is 1. The van der Waals surface area contributed by atoms with Crippen LogP contribution in [0.1, 0.15) is 18.2 Å². The second-order valence-electron chi connectivity index (χ2n) is 5.01. The summed E-state index contributed by atoms with van der Waals surface area (Å²) in [4.78, 5) is 14.2. The number of furan rings is 1.